The van der Waals surface area contributed by atoms with Crippen molar-refractivity contribution in [2.24, 2.45) is 0 Å². The predicted octanol–water partition coefficient (Wildman–Crippen LogP) is 3.11. The second-order valence-corrected chi connectivity index (χ2v) is 8.22. The number of ether oxygens (including phenoxy) is 2. The SMILES string of the molecule is COc1cc(C(=O)NC2CC[NH+](Cc3ccccc3)CC2)cc(Cl)c1OC(C)C. The lowest BCUT2D eigenvalue weighted by molar-refractivity contribution is -0.918. The van der Waals surface area contributed by atoms with Gasteiger partial charge in [0.25, 0.3) is 5.91 Å². The Morgan fingerprint density at radius 1 is 1.21 bits per heavy atom. The van der Waals surface area contributed by atoms with E-state index in [2.05, 4.69) is 29.6 Å². The Morgan fingerprint density at radius 3 is 2.52 bits per heavy atom. The molecule has 2 aromatic rings. The number of benzene rings is 2. The van der Waals surface area contributed by atoms with Gasteiger partial charge in [-0.25, -0.2) is 0 Å². The van der Waals surface area contributed by atoms with Gasteiger partial charge in [0.15, 0.2) is 11.5 Å². The highest BCUT2D eigenvalue weighted by Crippen LogP contribution is 2.37. The second-order valence-electron chi connectivity index (χ2n) is 7.82. The Balaban J connectivity index is 1.57. The van der Waals surface area contributed by atoms with Crippen LogP contribution < -0.4 is 19.7 Å². The van der Waals surface area contributed by atoms with Crippen molar-refractivity contribution in [3.63, 3.8) is 0 Å². The van der Waals surface area contributed by atoms with Crippen LogP contribution in [0.3, 0.4) is 0 Å². The highest BCUT2D eigenvalue weighted by molar-refractivity contribution is 6.32. The molecule has 6 heteroatoms. The Hall–Kier alpha value is -2.24. The van der Waals surface area contributed by atoms with Gasteiger partial charge in [0.05, 0.1) is 31.3 Å². The fourth-order valence-electron chi connectivity index (χ4n) is 3.70. The molecule has 0 unspecified atom stereocenters. The molecule has 1 heterocycles. The number of hydrogen-bond acceptors (Lipinski definition) is 3. The maximum absolute atomic E-state index is 12.8. The number of amides is 1. The molecule has 0 bridgehead atoms. The molecule has 0 aromatic heterocycles. The van der Waals surface area contributed by atoms with E-state index < -0.39 is 0 Å². The molecule has 1 amide bonds. The number of nitrogens with one attached hydrogen (secondary N) is 2. The van der Waals surface area contributed by atoms with Crippen molar-refractivity contribution in [1.29, 1.82) is 0 Å². The van der Waals surface area contributed by atoms with Gasteiger partial charge in [0.2, 0.25) is 0 Å². The van der Waals surface area contributed by atoms with Crippen molar-refractivity contribution in [2.45, 2.75) is 45.4 Å². The van der Waals surface area contributed by atoms with Gasteiger partial charge in [-0.15, -0.1) is 0 Å². The van der Waals surface area contributed by atoms with E-state index in [1.165, 1.54) is 5.56 Å². The van der Waals surface area contributed by atoms with Gasteiger partial charge < -0.3 is 19.7 Å². The van der Waals surface area contributed by atoms with Crippen LogP contribution in [-0.4, -0.2) is 38.3 Å². The fraction of sp³-hybridized carbons (Fsp3) is 0.435. The van der Waals surface area contributed by atoms with Crippen LogP contribution in [-0.2, 0) is 6.54 Å². The fourth-order valence-corrected chi connectivity index (χ4v) is 3.96. The molecule has 1 saturated heterocycles. The molecule has 0 aliphatic carbocycles. The number of hydrogen-bond donors (Lipinski definition) is 2. The third-order valence-electron chi connectivity index (χ3n) is 5.17. The third kappa shape index (κ3) is 5.87. The maximum Gasteiger partial charge on any atom is 0.251 e. The Morgan fingerprint density at radius 2 is 1.90 bits per heavy atom. The van der Waals surface area contributed by atoms with Gasteiger partial charge in [0.1, 0.15) is 6.54 Å². The van der Waals surface area contributed by atoms with Crippen LogP contribution in [0.5, 0.6) is 11.5 Å². The number of piperidine rings is 1. The zero-order chi connectivity index (χ0) is 20.8. The van der Waals surface area contributed by atoms with Crippen LogP contribution in [0, 0.1) is 0 Å². The number of halogens is 1. The van der Waals surface area contributed by atoms with E-state index in [0.29, 0.717) is 22.1 Å². The lowest BCUT2D eigenvalue weighted by Crippen LogP contribution is -3.12. The molecule has 3 rings (SSSR count). The van der Waals surface area contributed by atoms with Crippen molar-refractivity contribution < 1.29 is 19.2 Å². The zero-order valence-corrected chi connectivity index (χ0v) is 18.1. The Kier molecular flexibility index (Phi) is 7.40. The summed E-state index contributed by atoms with van der Waals surface area (Å²) in [4.78, 5) is 14.3. The van der Waals surface area contributed by atoms with Crippen LogP contribution in [0.25, 0.3) is 0 Å². The summed E-state index contributed by atoms with van der Waals surface area (Å²) in [6.07, 6.45) is 1.89. The molecule has 1 aliphatic rings. The van der Waals surface area contributed by atoms with Gasteiger partial charge in [-0.3, -0.25) is 4.79 Å². The minimum Gasteiger partial charge on any atom is -0.493 e. The summed E-state index contributed by atoms with van der Waals surface area (Å²) in [7, 11) is 1.55. The van der Waals surface area contributed by atoms with E-state index in [0.717, 1.165) is 32.5 Å². The molecule has 0 atom stereocenters. The average molecular weight is 418 g/mol. The van der Waals surface area contributed by atoms with Crippen molar-refractivity contribution in [1.82, 2.24) is 5.32 Å². The van der Waals surface area contributed by atoms with Crippen LogP contribution in [0.15, 0.2) is 42.5 Å². The minimum absolute atomic E-state index is 0.0374. The monoisotopic (exact) mass is 417 g/mol. The van der Waals surface area contributed by atoms with Crippen LogP contribution >= 0.6 is 11.6 Å². The Labute approximate surface area is 177 Å². The smallest absolute Gasteiger partial charge is 0.251 e. The lowest BCUT2D eigenvalue weighted by atomic mass is 10.0. The summed E-state index contributed by atoms with van der Waals surface area (Å²) in [6, 6.07) is 14.1. The van der Waals surface area contributed by atoms with Gasteiger partial charge in [-0.2, -0.15) is 0 Å². The van der Waals surface area contributed by atoms with E-state index in [4.69, 9.17) is 21.1 Å². The average Bonchev–Trinajstić information content (AvgIpc) is 2.71. The summed E-state index contributed by atoms with van der Waals surface area (Å²) < 4.78 is 11.1. The number of quaternary nitrogens is 1. The van der Waals surface area contributed by atoms with Crippen LogP contribution in [0.1, 0.15) is 42.6 Å². The van der Waals surface area contributed by atoms with Crippen LogP contribution in [0.4, 0.5) is 0 Å². The predicted molar refractivity (Wildman–Crippen MR) is 115 cm³/mol. The number of carbonyl (C=O) groups is 1. The first-order chi connectivity index (χ1) is 14.0. The van der Waals surface area contributed by atoms with Gasteiger partial charge in [0, 0.05) is 30.0 Å². The molecule has 0 radical (unpaired) electrons. The first kappa shape index (κ1) is 21.5. The van der Waals surface area contributed by atoms with E-state index in [1.807, 2.05) is 19.9 Å². The molecule has 29 heavy (non-hydrogen) atoms. The summed E-state index contributed by atoms with van der Waals surface area (Å²) in [6.45, 7) is 6.97. The van der Waals surface area contributed by atoms with Gasteiger partial charge in [-0.1, -0.05) is 41.9 Å². The van der Waals surface area contributed by atoms with E-state index >= 15 is 0 Å². The molecule has 1 fully saturated rings. The normalized spacial score (nSPS) is 19.1. The standard InChI is InChI=1S/C23H29ClN2O3/c1-16(2)29-22-20(24)13-18(14-21(22)28-3)23(27)25-19-9-11-26(12-10-19)15-17-7-5-4-6-8-17/h4-8,13-14,16,19H,9-12,15H2,1-3H3,(H,25,27)/p+1. The molecule has 2 aromatic carbocycles. The van der Waals surface area contributed by atoms with E-state index in [-0.39, 0.29) is 18.1 Å². The number of likely N-dealkylation sites (tertiary alicyclic amines) is 1. The molecule has 5 nitrogen and oxygen atoms in total. The molecule has 2 N–H and O–H groups in total. The number of carbonyl (C=O) groups excluding carboxylic acids is 1. The molecular formula is C23H30ClN2O3+. The molecule has 0 spiro atoms. The third-order valence-corrected chi connectivity index (χ3v) is 5.45. The van der Waals surface area contributed by atoms with Crippen molar-refractivity contribution in [2.75, 3.05) is 20.2 Å². The second kappa shape index (κ2) is 9.99. The van der Waals surface area contributed by atoms with Gasteiger partial charge in [-0.05, 0) is 26.0 Å². The summed E-state index contributed by atoms with van der Waals surface area (Å²) in [5, 5.41) is 3.53. The lowest BCUT2D eigenvalue weighted by Gasteiger charge is -2.30. The maximum atomic E-state index is 12.8. The van der Waals surface area contributed by atoms with Crippen molar-refractivity contribution in [3.05, 3.63) is 58.6 Å². The van der Waals surface area contributed by atoms with E-state index in [9.17, 15) is 4.79 Å². The topological polar surface area (TPSA) is 52.0 Å². The first-order valence-corrected chi connectivity index (χ1v) is 10.6. The summed E-state index contributed by atoms with van der Waals surface area (Å²) in [5.74, 6) is 0.815. The van der Waals surface area contributed by atoms with Crippen molar-refractivity contribution >= 4 is 17.5 Å². The largest absolute Gasteiger partial charge is 0.493 e. The Bertz CT molecular complexity index is 818. The molecular weight excluding hydrogens is 388 g/mol. The summed E-state index contributed by atoms with van der Waals surface area (Å²) >= 11 is 6.35. The van der Waals surface area contributed by atoms with E-state index in [1.54, 1.807) is 24.1 Å². The first-order valence-electron chi connectivity index (χ1n) is 10.2. The number of methoxy groups -OCH3 is 1. The van der Waals surface area contributed by atoms with Gasteiger partial charge >= 0.3 is 0 Å². The highest BCUT2D eigenvalue weighted by atomic mass is 35.5. The zero-order valence-electron chi connectivity index (χ0n) is 17.3. The van der Waals surface area contributed by atoms with Crippen LogP contribution in [0.2, 0.25) is 5.02 Å². The molecule has 0 saturated carbocycles. The minimum atomic E-state index is -0.127. The molecule has 156 valence electrons. The summed E-state index contributed by atoms with van der Waals surface area (Å²) in [5.41, 5.74) is 1.84. The highest BCUT2D eigenvalue weighted by Gasteiger charge is 2.25. The molecule has 1 aliphatic heterocycles. The number of rotatable bonds is 7. The van der Waals surface area contributed by atoms with Crippen molar-refractivity contribution in [3.8, 4) is 11.5 Å². The quantitative estimate of drug-likeness (QED) is 0.727.